The molecular weight excluding hydrogens is 248 g/mol. The van der Waals surface area contributed by atoms with Gasteiger partial charge in [0.05, 0.1) is 7.11 Å². The molecule has 0 aliphatic carbocycles. The SMILES string of the molecule is CCN1CCC(C(C)Nc2ccc(OC)c(C)c2)CC1. The van der Waals surface area contributed by atoms with E-state index in [2.05, 4.69) is 43.1 Å². The molecule has 1 unspecified atom stereocenters. The predicted octanol–water partition coefficient (Wildman–Crippen LogP) is 3.54. The van der Waals surface area contributed by atoms with E-state index in [0.29, 0.717) is 6.04 Å². The van der Waals surface area contributed by atoms with E-state index >= 15 is 0 Å². The number of rotatable bonds is 5. The van der Waals surface area contributed by atoms with E-state index in [1.807, 2.05) is 6.07 Å². The summed E-state index contributed by atoms with van der Waals surface area (Å²) in [5.41, 5.74) is 2.39. The standard InChI is InChI=1S/C17H28N2O/c1-5-19-10-8-15(9-11-19)14(3)18-16-6-7-17(20-4)13(2)12-16/h6-7,12,14-15,18H,5,8-11H2,1-4H3. The van der Waals surface area contributed by atoms with Gasteiger partial charge in [0.1, 0.15) is 5.75 Å². The first-order valence-corrected chi connectivity index (χ1v) is 7.77. The lowest BCUT2D eigenvalue weighted by Gasteiger charge is -2.35. The third-order valence-electron chi connectivity index (χ3n) is 4.58. The van der Waals surface area contributed by atoms with Crippen LogP contribution in [0.4, 0.5) is 5.69 Å². The van der Waals surface area contributed by atoms with Crippen LogP contribution in [0, 0.1) is 12.8 Å². The van der Waals surface area contributed by atoms with Crippen molar-refractivity contribution < 1.29 is 4.74 Å². The fourth-order valence-corrected chi connectivity index (χ4v) is 3.12. The second kappa shape index (κ2) is 6.98. The van der Waals surface area contributed by atoms with E-state index in [4.69, 9.17) is 4.74 Å². The lowest BCUT2D eigenvalue weighted by Crippen LogP contribution is -2.39. The number of hydrogen-bond acceptors (Lipinski definition) is 3. The molecule has 0 saturated carbocycles. The van der Waals surface area contributed by atoms with Crippen molar-refractivity contribution in [2.45, 2.75) is 39.7 Å². The van der Waals surface area contributed by atoms with Crippen molar-refractivity contribution in [2.75, 3.05) is 32.1 Å². The Bertz CT molecular complexity index is 425. The molecule has 112 valence electrons. The van der Waals surface area contributed by atoms with Gasteiger partial charge in [0, 0.05) is 11.7 Å². The van der Waals surface area contributed by atoms with Crippen LogP contribution < -0.4 is 10.1 Å². The van der Waals surface area contributed by atoms with E-state index in [1.54, 1.807) is 7.11 Å². The summed E-state index contributed by atoms with van der Waals surface area (Å²) in [6.07, 6.45) is 2.61. The van der Waals surface area contributed by atoms with Gasteiger partial charge in [0.2, 0.25) is 0 Å². The molecule has 2 rings (SSSR count). The Kier molecular flexibility index (Phi) is 5.30. The second-order valence-electron chi connectivity index (χ2n) is 5.89. The number of hydrogen-bond donors (Lipinski definition) is 1. The van der Waals surface area contributed by atoms with E-state index < -0.39 is 0 Å². The highest BCUT2D eigenvalue weighted by atomic mass is 16.5. The van der Waals surface area contributed by atoms with Gasteiger partial charge >= 0.3 is 0 Å². The number of benzene rings is 1. The van der Waals surface area contributed by atoms with Gasteiger partial charge in [-0.1, -0.05) is 6.92 Å². The van der Waals surface area contributed by atoms with Crippen molar-refractivity contribution in [1.29, 1.82) is 0 Å². The summed E-state index contributed by atoms with van der Waals surface area (Å²) in [5.74, 6) is 1.74. The van der Waals surface area contributed by atoms with Gasteiger partial charge < -0.3 is 15.0 Å². The van der Waals surface area contributed by atoms with Crippen LogP contribution in [0.25, 0.3) is 0 Å². The van der Waals surface area contributed by atoms with E-state index in [-0.39, 0.29) is 0 Å². The third-order valence-corrected chi connectivity index (χ3v) is 4.58. The topological polar surface area (TPSA) is 24.5 Å². The summed E-state index contributed by atoms with van der Waals surface area (Å²) in [4.78, 5) is 2.54. The Labute approximate surface area is 123 Å². The van der Waals surface area contributed by atoms with Crippen LogP contribution in [0.3, 0.4) is 0 Å². The maximum Gasteiger partial charge on any atom is 0.121 e. The highest BCUT2D eigenvalue weighted by Gasteiger charge is 2.23. The molecule has 1 N–H and O–H groups in total. The molecule has 1 heterocycles. The summed E-state index contributed by atoms with van der Waals surface area (Å²) in [7, 11) is 1.72. The van der Waals surface area contributed by atoms with Crippen molar-refractivity contribution in [3.63, 3.8) is 0 Å². The summed E-state index contributed by atoms with van der Waals surface area (Å²) < 4.78 is 5.31. The minimum Gasteiger partial charge on any atom is -0.496 e. The Morgan fingerprint density at radius 2 is 2.05 bits per heavy atom. The summed E-state index contributed by atoms with van der Waals surface area (Å²) in [6, 6.07) is 6.87. The van der Waals surface area contributed by atoms with Crippen molar-refractivity contribution >= 4 is 5.69 Å². The molecule has 1 aromatic carbocycles. The molecular formula is C17H28N2O. The minimum atomic E-state index is 0.529. The first kappa shape index (κ1) is 15.2. The second-order valence-corrected chi connectivity index (χ2v) is 5.89. The fourth-order valence-electron chi connectivity index (χ4n) is 3.12. The molecule has 0 aromatic heterocycles. The van der Waals surface area contributed by atoms with Crippen LogP contribution in [0.2, 0.25) is 0 Å². The highest BCUT2D eigenvalue weighted by Crippen LogP contribution is 2.26. The Morgan fingerprint density at radius 1 is 1.35 bits per heavy atom. The summed E-state index contributed by atoms with van der Waals surface area (Å²) in [6.45, 7) is 10.3. The number of piperidine rings is 1. The molecule has 1 atom stereocenters. The van der Waals surface area contributed by atoms with Crippen LogP contribution in [-0.2, 0) is 0 Å². The smallest absolute Gasteiger partial charge is 0.121 e. The zero-order valence-electron chi connectivity index (χ0n) is 13.3. The maximum absolute atomic E-state index is 5.31. The number of aryl methyl sites for hydroxylation is 1. The van der Waals surface area contributed by atoms with Crippen molar-refractivity contribution in [3.8, 4) is 5.75 Å². The molecule has 20 heavy (non-hydrogen) atoms. The van der Waals surface area contributed by atoms with Gasteiger partial charge in [0.15, 0.2) is 0 Å². The van der Waals surface area contributed by atoms with Crippen molar-refractivity contribution in [3.05, 3.63) is 23.8 Å². The first-order valence-electron chi connectivity index (χ1n) is 7.77. The molecule has 1 aliphatic rings. The molecule has 1 saturated heterocycles. The lowest BCUT2D eigenvalue weighted by molar-refractivity contribution is 0.183. The molecule has 1 aliphatic heterocycles. The van der Waals surface area contributed by atoms with Gasteiger partial charge in [-0.2, -0.15) is 0 Å². The van der Waals surface area contributed by atoms with Crippen LogP contribution in [0.1, 0.15) is 32.3 Å². The van der Waals surface area contributed by atoms with Gasteiger partial charge in [-0.05, 0) is 76.0 Å². The molecule has 0 spiro atoms. The number of ether oxygens (including phenoxy) is 1. The number of anilines is 1. The van der Waals surface area contributed by atoms with Gasteiger partial charge in [-0.3, -0.25) is 0 Å². The molecule has 1 fully saturated rings. The zero-order chi connectivity index (χ0) is 14.5. The first-order chi connectivity index (χ1) is 9.63. The Balaban J connectivity index is 1.91. The van der Waals surface area contributed by atoms with Crippen molar-refractivity contribution in [2.24, 2.45) is 5.92 Å². The average Bonchev–Trinajstić information content (AvgIpc) is 2.47. The number of methoxy groups -OCH3 is 1. The summed E-state index contributed by atoms with van der Waals surface area (Å²) >= 11 is 0. The Morgan fingerprint density at radius 3 is 2.60 bits per heavy atom. The maximum atomic E-state index is 5.31. The predicted molar refractivity (Wildman–Crippen MR) is 85.7 cm³/mol. The number of likely N-dealkylation sites (tertiary alicyclic amines) is 1. The molecule has 0 radical (unpaired) electrons. The van der Waals surface area contributed by atoms with Crippen LogP contribution in [0.15, 0.2) is 18.2 Å². The molecule has 0 amide bonds. The number of nitrogens with one attached hydrogen (secondary N) is 1. The van der Waals surface area contributed by atoms with E-state index in [1.165, 1.54) is 43.7 Å². The largest absolute Gasteiger partial charge is 0.496 e. The van der Waals surface area contributed by atoms with Crippen LogP contribution in [-0.4, -0.2) is 37.7 Å². The molecule has 1 aromatic rings. The molecule has 3 heteroatoms. The average molecular weight is 276 g/mol. The van der Waals surface area contributed by atoms with Crippen molar-refractivity contribution in [1.82, 2.24) is 4.90 Å². The normalized spacial score (nSPS) is 18.8. The molecule has 0 bridgehead atoms. The van der Waals surface area contributed by atoms with Gasteiger partial charge in [0.25, 0.3) is 0 Å². The lowest BCUT2D eigenvalue weighted by atomic mass is 9.90. The minimum absolute atomic E-state index is 0.529. The van der Waals surface area contributed by atoms with Crippen LogP contribution in [0.5, 0.6) is 5.75 Å². The zero-order valence-corrected chi connectivity index (χ0v) is 13.3. The highest BCUT2D eigenvalue weighted by molar-refractivity contribution is 5.51. The van der Waals surface area contributed by atoms with E-state index in [9.17, 15) is 0 Å². The van der Waals surface area contributed by atoms with Gasteiger partial charge in [-0.25, -0.2) is 0 Å². The fraction of sp³-hybridized carbons (Fsp3) is 0.647. The Hall–Kier alpha value is -1.22. The van der Waals surface area contributed by atoms with Gasteiger partial charge in [-0.15, -0.1) is 0 Å². The quantitative estimate of drug-likeness (QED) is 0.890. The monoisotopic (exact) mass is 276 g/mol. The molecule has 3 nitrogen and oxygen atoms in total. The summed E-state index contributed by atoms with van der Waals surface area (Å²) in [5, 5.41) is 3.66. The van der Waals surface area contributed by atoms with Crippen LogP contribution >= 0.6 is 0 Å². The number of nitrogens with zero attached hydrogens (tertiary/aromatic N) is 1. The van der Waals surface area contributed by atoms with E-state index in [0.717, 1.165) is 11.7 Å². The third kappa shape index (κ3) is 3.66.